The van der Waals surface area contributed by atoms with Crippen LogP contribution in [0, 0.1) is 0 Å². The third-order valence-electron chi connectivity index (χ3n) is 5.51. The molecule has 12 N–H and O–H groups in total. The maximum atomic E-state index is 13.1. The van der Waals surface area contributed by atoms with Gasteiger partial charge in [0, 0.05) is 0 Å². The Hall–Kier alpha value is 1.22. The molecule has 2 aromatic rings. The van der Waals surface area contributed by atoms with Crippen molar-refractivity contribution in [2.75, 3.05) is 18.9 Å². The van der Waals surface area contributed by atoms with E-state index in [0.717, 1.165) is 17.2 Å². The summed E-state index contributed by atoms with van der Waals surface area (Å²) in [5, 5.41) is 68.6. The molecule has 3 rings (SSSR count). The van der Waals surface area contributed by atoms with Crippen molar-refractivity contribution in [3.05, 3.63) is 12.7 Å². The Morgan fingerprint density at radius 1 is 1.02 bits per heavy atom. The number of nitrogens with two attached hydrogens (primary N) is 1. The maximum absolute atomic E-state index is 13.1. The van der Waals surface area contributed by atoms with Crippen molar-refractivity contribution < 1.29 is 197 Å². The third kappa shape index (κ3) is 11.6. The minimum atomic E-state index is -6.14. The molecule has 248 valence electrons. The van der Waals surface area contributed by atoms with Crippen LogP contribution in [0.5, 0.6) is 0 Å². The predicted octanol–water partition coefficient (Wildman–Crippen LogP) is -10.4. The summed E-state index contributed by atoms with van der Waals surface area (Å²) >= 11 is 0. The van der Waals surface area contributed by atoms with E-state index < -0.39 is 91.6 Å². The summed E-state index contributed by atoms with van der Waals surface area (Å²) in [6.45, 7) is -2.41. The zero-order chi connectivity index (χ0) is 32.5. The van der Waals surface area contributed by atoms with E-state index in [-0.39, 0.29) is 123 Å². The number of carbonyl (C=O) groups excluding carboxylic acids is 1. The molecule has 3 heterocycles. The smallest absolute Gasteiger partial charge is 1.00 e. The summed E-state index contributed by atoms with van der Waals surface area (Å²) in [5.41, 5.74) is 5.81. The van der Waals surface area contributed by atoms with Crippen LogP contribution in [-0.2, 0) is 40.9 Å². The van der Waals surface area contributed by atoms with E-state index in [1.807, 2.05) is 0 Å². The molecular weight excluding hydrogens is 737 g/mol. The van der Waals surface area contributed by atoms with E-state index in [1.165, 1.54) is 0 Å². The molecule has 0 saturated carbocycles. The Bertz CT molecular complexity index is 1460. The second-order valence-corrected chi connectivity index (χ2v) is 13.1. The number of anilines is 1. The predicted molar refractivity (Wildman–Crippen MR) is 133 cm³/mol. The van der Waals surface area contributed by atoms with Gasteiger partial charge in [-0.25, -0.2) is 33.4 Å². The molecule has 0 aliphatic carbocycles. The molecular formula is C16H28K2N5O19P3. The van der Waals surface area contributed by atoms with Crippen LogP contribution in [-0.4, -0.2) is 132 Å². The van der Waals surface area contributed by atoms with Crippen LogP contribution in [0.3, 0.4) is 0 Å². The first-order valence-electron chi connectivity index (χ1n) is 11.4. The number of hydrogen-bond acceptors (Lipinski definition) is 20. The van der Waals surface area contributed by atoms with Gasteiger partial charge in [-0.05, 0) is 0 Å². The van der Waals surface area contributed by atoms with Gasteiger partial charge in [-0.1, -0.05) is 0 Å². The van der Waals surface area contributed by atoms with Crippen molar-refractivity contribution in [2.24, 2.45) is 0 Å². The number of nitrogens with zero attached hydrogens (tertiary/aromatic N) is 4. The minimum Gasteiger partial charge on any atom is -1.00 e. The minimum absolute atomic E-state index is 0. The summed E-state index contributed by atoms with van der Waals surface area (Å²) in [4.78, 5) is 51.2. The fraction of sp³-hybridized carbons (Fsp3) is 0.625. The fourth-order valence-electron chi connectivity index (χ4n) is 3.49. The van der Waals surface area contributed by atoms with Crippen LogP contribution >= 0.6 is 23.5 Å². The second-order valence-electron chi connectivity index (χ2n) is 8.58. The summed E-state index contributed by atoms with van der Waals surface area (Å²) in [6.07, 6.45) is -14.8. The number of carbonyl (C=O) groups is 1. The van der Waals surface area contributed by atoms with Crippen LogP contribution in [0.15, 0.2) is 12.7 Å². The number of fused-ring (bicyclic) bond motifs is 1. The van der Waals surface area contributed by atoms with Gasteiger partial charge in [0.15, 0.2) is 23.8 Å². The SMILES string of the molecule is Nc1ncnc2c1ncn2[C@@H]1O[C@H](COP(=O)(OC(=O)[C@H](O)[C@@H](O)[C@H](O)[C@H](O)CO)OP(=O)(O)OP(=O)(O)O)[C@@H](O)[C@H]1O.[H-].[H-].[K+].[K+]. The van der Waals surface area contributed by atoms with Crippen molar-refractivity contribution in [1.82, 2.24) is 19.5 Å². The van der Waals surface area contributed by atoms with E-state index in [4.69, 9.17) is 29.9 Å². The van der Waals surface area contributed by atoms with Crippen LogP contribution in [0.2, 0.25) is 0 Å². The fourth-order valence-corrected chi connectivity index (χ4v) is 6.99. The van der Waals surface area contributed by atoms with Crippen molar-refractivity contribution in [2.45, 2.75) is 49.0 Å². The number of phosphoric acid groups is 3. The van der Waals surface area contributed by atoms with Crippen molar-refractivity contribution >= 4 is 46.4 Å². The van der Waals surface area contributed by atoms with E-state index in [2.05, 4.69) is 28.1 Å². The Labute approximate surface area is 339 Å². The maximum Gasteiger partial charge on any atom is 1.00 e. The Kier molecular flexibility index (Phi) is 17.6. The molecule has 2 aromatic heterocycles. The summed E-state index contributed by atoms with van der Waals surface area (Å²) in [7, 11) is -18.0. The Morgan fingerprint density at radius 2 is 1.64 bits per heavy atom. The van der Waals surface area contributed by atoms with Crippen LogP contribution < -0.4 is 109 Å². The Morgan fingerprint density at radius 3 is 2.22 bits per heavy atom. The molecule has 1 aliphatic rings. The second kappa shape index (κ2) is 17.9. The Balaban J connectivity index is 0. The quantitative estimate of drug-likeness (QED) is 0.0628. The van der Waals surface area contributed by atoms with Crippen LogP contribution in [0.1, 0.15) is 9.08 Å². The van der Waals surface area contributed by atoms with Crippen molar-refractivity contribution in [3.63, 3.8) is 0 Å². The van der Waals surface area contributed by atoms with E-state index >= 15 is 0 Å². The number of phosphoric ester groups is 1. The first kappa shape index (κ1) is 44.2. The van der Waals surface area contributed by atoms with E-state index in [9.17, 15) is 54.0 Å². The summed E-state index contributed by atoms with van der Waals surface area (Å²) in [5.74, 6) is -2.28. The standard InChI is InChI=1S/C16H26N5O19P3.2K.2H/c17-13-7-14(19-3-18-13)21(4-20-7)15-11(27)9(25)6(37-15)2-36-43(35,40-42(33,34)39-41(30,31)32)38-16(29)12(28)10(26)8(24)5(23)1-22;;;;/h3-6,8-12,15,22-28H,1-2H2,(H,33,34)(H2,17,18,19)(H2,30,31,32);;;;/q;2*+1;2*-1/t5-,6-,8-,9-,10+,11-,12-,15-,43?;;;;/m1..../s1. The molecule has 0 radical (unpaired) electrons. The summed E-state index contributed by atoms with van der Waals surface area (Å²) < 4.78 is 59.2. The average molecular weight is 766 g/mol. The van der Waals surface area contributed by atoms with Gasteiger partial charge < -0.3 is 68.3 Å². The van der Waals surface area contributed by atoms with Gasteiger partial charge in [-0.15, -0.1) is 0 Å². The van der Waals surface area contributed by atoms with Gasteiger partial charge in [0.2, 0.25) is 0 Å². The number of imidazole rings is 1. The van der Waals surface area contributed by atoms with Crippen LogP contribution in [0.25, 0.3) is 11.2 Å². The van der Waals surface area contributed by atoms with Gasteiger partial charge >= 0.3 is 132 Å². The number of ether oxygens (including phenoxy) is 1. The van der Waals surface area contributed by atoms with Crippen molar-refractivity contribution in [3.8, 4) is 0 Å². The van der Waals surface area contributed by atoms with Crippen LogP contribution in [0.4, 0.5) is 5.82 Å². The van der Waals surface area contributed by atoms with Crippen molar-refractivity contribution in [1.29, 1.82) is 0 Å². The zero-order valence-electron chi connectivity index (χ0n) is 25.0. The molecule has 0 bridgehead atoms. The first-order valence-corrected chi connectivity index (χ1v) is 15.8. The summed E-state index contributed by atoms with van der Waals surface area (Å²) in [6, 6.07) is 0. The molecule has 2 unspecified atom stereocenters. The van der Waals surface area contributed by atoms with E-state index in [0.29, 0.717) is 0 Å². The monoisotopic (exact) mass is 765 g/mol. The molecule has 10 atom stereocenters. The van der Waals surface area contributed by atoms with Gasteiger partial charge in [0.05, 0.1) is 19.5 Å². The molecule has 1 saturated heterocycles. The number of rotatable bonds is 14. The number of nitrogen functional groups attached to an aromatic ring is 1. The van der Waals surface area contributed by atoms with Gasteiger partial charge in [-0.2, -0.15) is 8.62 Å². The van der Waals surface area contributed by atoms with Gasteiger partial charge in [0.25, 0.3) is 0 Å². The molecule has 0 amide bonds. The molecule has 1 fully saturated rings. The molecule has 0 spiro atoms. The zero-order valence-corrected chi connectivity index (χ0v) is 32.0. The van der Waals surface area contributed by atoms with Gasteiger partial charge in [-0.3, -0.25) is 9.09 Å². The third-order valence-corrected chi connectivity index (χ3v) is 9.68. The number of hydrogen-bond donors (Lipinski definition) is 11. The molecule has 1 aliphatic heterocycles. The molecule has 24 nitrogen and oxygen atoms in total. The molecule has 45 heavy (non-hydrogen) atoms. The van der Waals surface area contributed by atoms with Gasteiger partial charge in [0.1, 0.15) is 48.5 Å². The van der Waals surface area contributed by atoms with E-state index in [1.54, 1.807) is 0 Å². The largest absolute Gasteiger partial charge is 1.00 e. The number of aliphatic hydroxyl groups is 7. The first-order chi connectivity index (χ1) is 19.8. The average Bonchev–Trinajstić information content (AvgIpc) is 3.45. The molecule has 0 aromatic carbocycles. The molecule has 29 heteroatoms. The number of aromatic nitrogens is 4. The topological polar surface area (TPSA) is 386 Å². The number of aliphatic hydroxyl groups excluding tert-OH is 7. The normalized spacial score (nSPS) is 25.6.